The number of hydrogen-bond acceptors (Lipinski definition) is 4. The molecule has 0 radical (unpaired) electrons. The monoisotopic (exact) mass is 323 g/mol. The van der Waals surface area contributed by atoms with Gasteiger partial charge in [-0.05, 0) is 42.3 Å². The molecule has 0 saturated carbocycles. The normalized spacial score (nSPS) is 16.2. The largest absolute Gasteiger partial charge is 0.497 e. The van der Waals surface area contributed by atoms with Gasteiger partial charge in [0.1, 0.15) is 5.75 Å². The number of hydrogen-bond donors (Lipinski definition) is 0. The minimum absolute atomic E-state index is 0.876. The highest BCUT2D eigenvalue weighted by atomic mass is 16.5. The van der Waals surface area contributed by atoms with E-state index in [2.05, 4.69) is 59.3 Å². The van der Waals surface area contributed by atoms with Gasteiger partial charge in [0.05, 0.1) is 12.8 Å². The fourth-order valence-electron chi connectivity index (χ4n) is 2.94. The van der Waals surface area contributed by atoms with Crippen LogP contribution in [0, 0.1) is 0 Å². The molecule has 1 heterocycles. The highest BCUT2D eigenvalue weighted by Crippen LogP contribution is 2.13. The van der Waals surface area contributed by atoms with E-state index < -0.39 is 0 Å². The Labute approximate surface area is 144 Å². The van der Waals surface area contributed by atoms with E-state index in [-0.39, 0.29) is 0 Å². The summed E-state index contributed by atoms with van der Waals surface area (Å²) in [5.74, 6) is 0.876. The average Bonchev–Trinajstić information content (AvgIpc) is 2.64. The maximum absolute atomic E-state index is 5.20. The van der Waals surface area contributed by atoms with Crippen LogP contribution in [0.1, 0.15) is 18.1 Å². The number of hydrazone groups is 1. The Morgan fingerprint density at radius 3 is 2.25 bits per heavy atom. The van der Waals surface area contributed by atoms with E-state index in [1.54, 1.807) is 7.11 Å². The average molecular weight is 323 g/mol. The Morgan fingerprint density at radius 2 is 1.62 bits per heavy atom. The molecule has 0 N–H and O–H groups in total. The van der Waals surface area contributed by atoms with Crippen LogP contribution in [0.15, 0.2) is 59.7 Å². The van der Waals surface area contributed by atoms with Crippen LogP contribution in [-0.2, 0) is 6.54 Å². The van der Waals surface area contributed by atoms with E-state index in [0.717, 1.165) is 49.7 Å². The molecule has 2 aromatic rings. The van der Waals surface area contributed by atoms with Gasteiger partial charge >= 0.3 is 0 Å². The highest BCUT2D eigenvalue weighted by molar-refractivity contribution is 5.98. The van der Waals surface area contributed by atoms with Crippen molar-refractivity contribution in [3.05, 3.63) is 65.7 Å². The first-order chi connectivity index (χ1) is 11.7. The Hall–Kier alpha value is -2.33. The lowest BCUT2D eigenvalue weighted by Gasteiger charge is -2.33. The third-order valence-electron chi connectivity index (χ3n) is 4.40. The quantitative estimate of drug-likeness (QED) is 0.791. The second kappa shape index (κ2) is 7.97. The summed E-state index contributed by atoms with van der Waals surface area (Å²) in [6.07, 6.45) is 0. The predicted molar refractivity (Wildman–Crippen MR) is 98.5 cm³/mol. The van der Waals surface area contributed by atoms with Crippen LogP contribution >= 0.6 is 0 Å². The van der Waals surface area contributed by atoms with Gasteiger partial charge in [-0.15, -0.1) is 0 Å². The van der Waals surface area contributed by atoms with Gasteiger partial charge in [0.25, 0.3) is 0 Å². The molecule has 0 amide bonds. The Balaban J connectivity index is 1.54. The summed E-state index contributed by atoms with van der Waals surface area (Å²) in [4.78, 5) is 2.49. The summed E-state index contributed by atoms with van der Waals surface area (Å²) in [6, 6.07) is 18.7. The minimum atomic E-state index is 0.876. The van der Waals surface area contributed by atoms with Gasteiger partial charge in [-0.3, -0.25) is 9.91 Å². The molecule has 0 unspecified atom stereocenters. The van der Waals surface area contributed by atoms with Crippen LogP contribution in [0.2, 0.25) is 0 Å². The summed E-state index contributed by atoms with van der Waals surface area (Å²) >= 11 is 0. The second-order valence-corrected chi connectivity index (χ2v) is 6.13. The molecule has 126 valence electrons. The molecule has 4 nitrogen and oxygen atoms in total. The van der Waals surface area contributed by atoms with Crippen molar-refractivity contribution in [1.29, 1.82) is 0 Å². The first kappa shape index (κ1) is 16.5. The van der Waals surface area contributed by atoms with Crippen LogP contribution in [0.3, 0.4) is 0 Å². The Morgan fingerprint density at radius 1 is 0.958 bits per heavy atom. The molecular weight excluding hydrogens is 298 g/mol. The second-order valence-electron chi connectivity index (χ2n) is 6.13. The van der Waals surface area contributed by atoms with E-state index in [1.165, 1.54) is 5.56 Å². The number of rotatable bonds is 5. The van der Waals surface area contributed by atoms with Crippen LogP contribution in [0.4, 0.5) is 0 Å². The van der Waals surface area contributed by atoms with Crippen LogP contribution in [0.5, 0.6) is 5.75 Å². The van der Waals surface area contributed by atoms with Crippen molar-refractivity contribution in [2.24, 2.45) is 5.10 Å². The van der Waals surface area contributed by atoms with E-state index in [4.69, 9.17) is 9.84 Å². The van der Waals surface area contributed by atoms with Gasteiger partial charge in [0, 0.05) is 32.7 Å². The van der Waals surface area contributed by atoms with Crippen molar-refractivity contribution < 1.29 is 4.74 Å². The molecule has 24 heavy (non-hydrogen) atoms. The zero-order valence-electron chi connectivity index (χ0n) is 14.5. The molecule has 0 aromatic heterocycles. The molecule has 3 rings (SSSR count). The molecule has 0 atom stereocenters. The first-order valence-corrected chi connectivity index (χ1v) is 8.45. The van der Waals surface area contributed by atoms with Crippen molar-refractivity contribution in [3.63, 3.8) is 0 Å². The van der Waals surface area contributed by atoms with Gasteiger partial charge < -0.3 is 4.74 Å². The molecule has 1 fully saturated rings. The van der Waals surface area contributed by atoms with Gasteiger partial charge in [-0.25, -0.2) is 0 Å². The topological polar surface area (TPSA) is 28.1 Å². The summed E-state index contributed by atoms with van der Waals surface area (Å²) in [5.41, 5.74) is 3.57. The Bertz CT molecular complexity index is 659. The predicted octanol–water partition coefficient (Wildman–Crippen LogP) is 3.24. The van der Waals surface area contributed by atoms with Gasteiger partial charge in [-0.2, -0.15) is 5.10 Å². The van der Waals surface area contributed by atoms with Crippen molar-refractivity contribution in [3.8, 4) is 5.75 Å². The maximum Gasteiger partial charge on any atom is 0.118 e. The molecule has 0 spiro atoms. The summed E-state index contributed by atoms with van der Waals surface area (Å²) in [5, 5.41) is 6.97. The fourth-order valence-corrected chi connectivity index (χ4v) is 2.94. The zero-order valence-corrected chi connectivity index (χ0v) is 14.5. The van der Waals surface area contributed by atoms with Crippen LogP contribution < -0.4 is 4.74 Å². The standard InChI is InChI=1S/C20H25N3O/c1-17(19-8-10-20(24-2)11-9-19)21-23-14-12-22(13-15-23)16-18-6-4-3-5-7-18/h3-11H,12-16H2,1-2H3/b21-17+. The van der Waals surface area contributed by atoms with Crippen molar-refractivity contribution in [2.45, 2.75) is 13.5 Å². The van der Waals surface area contributed by atoms with E-state index in [1.807, 2.05) is 12.1 Å². The first-order valence-electron chi connectivity index (χ1n) is 8.45. The molecule has 4 heteroatoms. The van der Waals surface area contributed by atoms with Gasteiger partial charge in [0.2, 0.25) is 0 Å². The van der Waals surface area contributed by atoms with Gasteiger partial charge in [0.15, 0.2) is 0 Å². The summed E-state index contributed by atoms with van der Waals surface area (Å²) < 4.78 is 5.20. The third-order valence-corrected chi connectivity index (χ3v) is 4.40. The lowest BCUT2D eigenvalue weighted by Crippen LogP contribution is -2.43. The fraction of sp³-hybridized carbons (Fsp3) is 0.350. The number of nitrogens with zero attached hydrogens (tertiary/aromatic N) is 3. The van der Waals surface area contributed by atoms with Gasteiger partial charge in [-0.1, -0.05) is 30.3 Å². The third kappa shape index (κ3) is 4.36. The molecule has 0 aliphatic carbocycles. The molecule has 1 saturated heterocycles. The highest BCUT2D eigenvalue weighted by Gasteiger charge is 2.16. The number of ether oxygens (including phenoxy) is 1. The zero-order chi connectivity index (χ0) is 16.8. The SMILES string of the molecule is COc1ccc(/C(C)=N/N2CCN(Cc3ccccc3)CC2)cc1. The number of piperazine rings is 1. The molecule has 1 aliphatic heterocycles. The summed E-state index contributed by atoms with van der Waals surface area (Å²) in [6.45, 7) is 7.14. The van der Waals surface area contributed by atoms with Crippen LogP contribution in [-0.4, -0.2) is 48.9 Å². The van der Waals surface area contributed by atoms with Crippen molar-refractivity contribution in [2.75, 3.05) is 33.3 Å². The lowest BCUT2D eigenvalue weighted by atomic mass is 10.1. The van der Waals surface area contributed by atoms with Crippen molar-refractivity contribution in [1.82, 2.24) is 9.91 Å². The smallest absolute Gasteiger partial charge is 0.118 e. The number of methoxy groups -OCH3 is 1. The molecule has 0 bridgehead atoms. The van der Waals surface area contributed by atoms with E-state index in [9.17, 15) is 0 Å². The number of benzene rings is 2. The maximum atomic E-state index is 5.20. The molecule has 1 aliphatic rings. The van der Waals surface area contributed by atoms with Crippen molar-refractivity contribution >= 4 is 5.71 Å². The lowest BCUT2D eigenvalue weighted by molar-refractivity contribution is 0.130. The molecular formula is C20H25N3O. The van der Waals surface area contributed by atoms with Crippen LogP contribution in [0.25, 0.3) is 0 Å². The Kier molecular flexibility index (Phi) is 5.49. The van der Waals surface area contributed by atoms with E-state index in [0.29, 0.717) is 0 Å². The molecule has 2 aromatic carbocycles. The van der Waals surface area contributed by atoms with E-state index >= 15 is 0 Å². The minimum Gasteiger partial charge on any atom is -0.497 e. The summed E-state index contributed by atoms with van der Waals surface area (Å²) in [7, 11) is 1.69.